The molecular formula is C18H19ClN2O4S. The summed E-state index contributed by atoms with van der Waals surface area (Å²) < 4.78 is 33.7. The number of amides is 1. The van der Waals surface area contributed by atoms with Gasteiger partial charge in [-0.15, -0.1) is 0 Å². The second kappa shape index (κ2) is 7.17. The van der Waals surface area contributed by atoms with Gasteiger partial charge in [-0.25, -0.2) is 8.42 Å². The standard InChI is InChI=1S/C18H19ClN2O4S/c1-3-11-6-5-7-12(8-11)21-26(23,24)17-10-16-14(9-13(17)19)20-18(22)15(4-2)25-16/h5-10,15,21H,3-4H2,1-2H3,(H,20,22). The van der Waals surface area contributed by atoms with Crippen molar-refractivity contribution in [2.24, 2.45) is 0 Å². The van der Waals surface area contributed by atoms with E-state index >= 15 is 0 Å². The number of carbonyl (C=O) groups is 1. The highest BCUT2D eigenvalue weighted by Gasteiger charge is 2.29. The van der Waals surface area contributed by atoms with E-state index in [2.05, 4.69) is 10.0 Å². The van der Waals surface area contributed by atoms with Crippen LogP contribution in [0.15, 0.2) is 41.3 Å². The summed E-state index contributed by atoms with van der Waals surface area (Å²) in [5.74, 6) is 0.00436. The van der Waals surface area contributed by atoms with Crippen LogP contribution in [0.5, 0.6) is 5.75 Å². The number of anilines is 2. The third-order valence-electron chi connectivity index (χ3n) is 4.10. The van der Waals surface area contributed by atoms with Crippen LogP contribution in [0.4, 0.5) is 11.4 Å². The Labute approximate surface area is 157 Å². The molecule has 0 spiro atoms. The van der Waals surface area contributed by atoms with Gasteiger partial charge in [-0.2, -0.15) is 0 Å². The summed E-state index contributed by atoms with van der Waals surface area (Å²) in [5.41, 5.74) is 1.83. The molecule has 2 N–H and O–H groups in total. The zero-order chi connectivity index (χ0) is 18.9. The minimum absolute atomic E-state index is 0.00162. The molecule has 1 aliphatic rings. The molecule has 0 radical (unpaired) electrons. The number of halogens is 1. The van der Waals surface area contributed by atoms with Gasteiger partial charge < -0.3 is 10.1 Å². The average Bonchev–Trinajstić information content (AvgIpc) is 2.60. The van der Waals surface area contributed by atoms with E-state index in [1.807, 2.05) is 19.9 Å². The first-order chi connectivity index (χ1) is 12.3. The first-order valence-corrected chi connectivity index (χ1v) is 10.1. The fraction of sp³-hybridized carbons (Fsp3) is 0.278. The number of sulfonamides is 1. The Kier molecular flexibility index (Phi) is 5.11. The molecule has 0 bridgehead atoms. The Balaban J connectivity index is 1.96. The quantitative estimate of drug-likeness (QED) is 0.807. The van der Waals surface area contributed by atoms with Crippen molar-refractivity contribution in [2.45, 2.75) is 37.7 Å². The number of carbonyl (C=O) groups excluding carboxylic acids is 1. The maximum atomic E-state index is 12.8. The van der Waals surface area contributed by atoms with Crippen LogP contribution in [0.2, 0.25) is 5.02 Å². The zero-order valence-corrected chi connectivity index (χ0v) is 15.9. The van der Waals surface area contributed by atoms with Gasteiger partial charge in [-0.3, -0.25) is 9.52 Å². The fourth-order valence-corrected chi connectivity index (χ4v) is 4.28. The summed E-state index contributed by atoms with van der Waals surface area (Å²) in [6.45, 7) is 3.80. The second-order valence-corrected chi connectivity index (χ2v) is 8.00. The summed E-state index contributed by atoms with van der Waals surface area (Å²) in [7, 11) is -3.91. The lowest BCUT2D eigenvalue weighted by atomic mass is 10.1. The summed E-state index contributed by atoms with van der Waals surface area (Å²) in [4.78, 5) is 11.8. The Morgan fingerprint density at radius 1 is 1.23 bits per heavy atom. The van der Waals surface area contributed by atoms with Crippen molar-refractivity contribution >= 4 is 38.9 Å². The smallest absolute Gasteiger partial charge is 0.265 e. The topological polar surface area (TPSA) is 84.5 Å². The average molecular weight is 395 g/mol. The van der Waals surface area contributed by atoms with Gasteiger partial charge in [0.2, 0.25) is 0 Å². The first kappa shape index (κ1) is 18.5. The van der Waals surface area contributed by atoms with E-state index in [4.69, 9.17) is 16.3 Å². The molecule has 2 aromatic carbocycles. The van der Waals surface area contributed by atoms with E-state index in [9.17, 15) is 13.2 Å². The molecule has 6 nitrogen and oxygen atoms in total. The van der Waals surface area contributed by atoms with Gasteiger partial charge >= 0.3 is 0 Å². The van der Waals surface area contributed by atoms with Gasteiger partial charge in [0.05, 0.1) is 10.7 Å². The summed E-state index contributed by atoms with van der Waals surface area (Å²) >= 11 is 6.16. The largest absolute Gasteiger partial charge is 0.478 e. The van der Waals surface area contributed by atoms with E-state index in [0.717, 1.165) is 12.0 Å². The number of rotatable bonds is 5. The summed E-state index contributed by atoms with van der Waals surface area (Å²) in [6, 6.07) is 9.88. The van der Waals surface area contributed by atoms with Gasteiger partial charge in [0.1, 0.15) is 10.6 Å². The number of nitrogens with one attached hydrogen (secondary N) is 2. The number of ether oxygens (including phenoxy) is 1. The predicted molar refractivity (Wildman–Crippen MR) is 101 cm³/mol. The predicted octanol–water partition coefficient (Wildman–Crippen LogP) is 3.81. The molecule has 1 atom stereocenters. The molecule has 1 heterocycles. The minimum Gasteiger partial charge on any atom is -0.478 e. The van der Waals surface area contributed by atoms with E-state index < -0.39 is 16.1 Å². The van der Waals surface area contributed by atoms with Crippen molar-refractivity contribution in [1.29, 1.82) is 0 Å². The highest BCUT2D eigenvalue weighted by molar-refractivity contribution is 7.92. The van der Waals surface area contributed by atoms with Crippen molar-refractivity contribution < 1.29 is 17.9 Å². The molecule has 1 amide bonds. The van der Waals surface area contributed by atoms with Gasteiger partial charge in [-0.1, -0.05) is 37.6 Å². The molecule has 0 aromatic heterocycles. The Morgan fingerprint density at radius 2 is 2.00 bits per heavy atom. The third kappa shape index (κ3) is 3.64. The molecule has 26 heavy (non-hydrogen) atoms. The van der Waals surface area contributed by atoms with Crippen molar-refractivity contribution in [3.05, 3.63) is 47.0 Å². The van der Waals surface area contributed by atoms with Crippen LogP contribution in [0, 0.1) is 0 Å². The summed E-state index contributed by atoms with van der Waals surface area (Å²) in [5, 5.41) is 2.68. The van der Waals surface area contributed by atoms with E-state index in [1.54, 1.807) is 18.2 Å². The van der Waals surface area contributed by atoms with Crippen LogP contribution in [-0.4, -0.2) is 20.4 Å². The van der Waals surface area contributed by atoms with E-state index in [-0.39, 0.29) is 21.6 Å². The second-order valence-electron chi connectivity index (χ2n) is 5.94. The number of hydrogen-bond acceptors (Lipinski definition) is 4. The lowest BCUT2D eigenvalue weighted by Gasteiger charge is -2.26. The Hall–Kier alpha value is -2.25. The molecule has 1 aliphatic heterocycles. The van der Waals surface area contributed by atoms with Crippen molar-refractivity contribution in [3.8, 4) is 5.75 Å². The molecule has 0 saturated carbocycles. The van der Waals surface area contributed by atoms with Crippen molar-refractivity contribution in [1.82, 2.24) is 0 Å². The number of benzene rings is 2. The SMILES string of the molecule is CCc1cccc(NS(=O)(=O)c2cc3c(cc2Cl)NC(=O)C(CC)O3)c1. The molecule has 1 unspecified atom stereocenters. The van der Waals surface area contributed by atoms with Crippen molar-refractivity contribution in [2.75, 3.05) is 10.0 Å². The third-order valence-corrected chi connectivity index (χ3v) is 5.95. The van der Waals surface area contributed by atoms with E-state index in [0.29, 0.717) is 17.8 Å². The monoisotopic (exact) mass is 394 g/mol. The Morgan fingerprint density at radius 3 is 2.69 bits per heavy atom. The molecule has 0 aliphatic carbocycles. The van der Waals surface area contributed by atoms with Crippen LogP contribution in [-0.2, 0) is 21.2 Å². The van der Waals surface area contributed by atoms with Crippen molar-refractivity contribution in [3.63, 3.8) is 0 Å². The van der Waals surface area contributed by atoms with Gasteiger partial charge in [0, 0.05) is 11.8 Å². The lowest BCUT2D eigenvalue weighted by molar-refractivity contribution is -0.123. The zero-order valence-electron chi connectivity index (χ0n) is 14.4. The van der Waals surface area contributed by atoms with Crippen LogP contribution < -0.4 is 14.8 Å². The lowest BCUT2D eigenvalue weighted by Crippen LogP contribution is -2.36. The number of hydrogen-bond donors (Lipinski definition) is 2. The maximum absolute atomic E-state index is 12.8. The fourth-order valence-electron chi connectivity index (χ4n) is 2.69. The normalized spacial score (nSPS) is 16.4. The number of aryl methyl sites for hydroxylation is 1. The minimum atomic E-state index is -3.91. The molecule has 8 heteroatoms. The first-order valence-electron chi connectivity index (χ1n) is 8.27. The van der Waals surface area contributed by atoms with Crippen LogP contribution >= 0.6 is 11.6 Å². The molecule has 0 saturated heterocycles. The summed E-state index contributed by atoms with van der Waals surface area (Å²) in [6.07, 6.45) is 0.604. The highest BCUT2D eigenvalue weighted by atomic mass is 35.5. The molecule has 138 valence electrons. The maximum Gasteiger partial charge on any atom is 0.265 e. The van der Waals surface area contributed by atoms with Gasteiger partial charge in [0.25, 0.3) is 15.9 Å². The number of fused-ring (bicyclic) bond motifs is 1. The molecule has 3 rings (SSSR count). The molecule has 0 fully saturated rings. The highest BCUT2D eigenvalue weighted by Crippen LogP contribution is 2.37. The van der Waals surface area contributed by atoms with Gasteiger partial charge in [0.15, 0.2) is 6.10 Å². The van der Waals surface area contributed by atoms with E-state index in [1.165, 1.54) is 12.1 Å². The molecular weight excluding hydrogens is 376 g/mol. The van der Waals surface area contributed by atoms with Crippen LogP contribution in [0.1, 0.15) is 25.8 Å². The molecule has 2 aromatic rings. The van der Waals surface area contributed by atoms with Gasteiger partial charge in [-0.05, 0) is 36.6 Å². The van der Waals surface area contributed by atoms with Crippen LogP contribution in [0.3, 0.4) is 0 Å². The van der Waals surface area contributed by atoms with Crippen LogP contribution in [0.25, 0.3) is 0 Å². The Bertz CT molecular complexity index is 960.